The third kappa shape index (κ3) is 2.89. The average molecular weight is 292 g/mol. The minimum atomic E-state index is 0.487. The highest BCUT2D eigenvalue weighted by molar-refractivity contribution is 6.30. The quantitative estimate of drug-likeness (QED) is 0.830. The van der Waals surface area contributed by atoms with Crippen LogP contribution in [0.15, 0.2) is 24.3 Å². The van der Waals surface area contributed by atoms with Crippen LogP contribution >= 0.6 is 11.6 Å². The molecule has 20 heavy (non-hydrogen) atoms. The third-order valence-corrected chi connectivity index (χ3v) is 5.69. The Bertz CT molecular complexity index is 453. The zero-order valence-electron chi connectivity index (χ0n) is 12.7. The Hall–Kier alpha value is -0.530. The molecule has 0 heterocycles. The van der Waals surface area contributed by atoms with Crippen LogP contribution in [0.4, 0.5) is 0 Å². The summed E-state index contributed by atoms with van der Waals surface area (Å²) in [6.07, 6.45) is 7.01. The Morgan fingerprint density at radius 1 is 1.25 bits per heavy atom. The van der Waals surface area contributed by atoms with Gasteiger partial charge in [-0.15, -0.1) is 0 Å². The van der Waals surface area contributed by atoms with Gasteiger partial charge < -0.3 is 5.32 Å². The molecule has 0 spiro atoms. The molecule has 1 aromatic carbocycles. The maximum absolute atomic E-state index is 6.02. The summed E-state index contributed by atoms with van der Waals surface area (Å²) in [7, 11) is 0. The van der Waals surface area contributed by atoms with Gasteiger partial charge in [-0.2, -0.15) is 0 Å². The van der Waals surface area contributed by atoms with Gasteiger partial charge in [-0.05, 0) is 60.6 Å². The van der Waals surface area contributed by atoms with E-state index in [2.05, 4.69) is 31.3 Å². The molecule has 0 aliphatic heterocycles. The smallest absolute Gasteiger partial charge is 0.0406 e. The molecule has 2 aliphatic rings. The van der Waals surface area contributed by atoms with Crippen LogP contribution in [-0.4, -0.2) is 12.6 Å². The van der Waals surface area contributed by atoms with Gasteiger partial charge in [-0.1, -0.05) is 44.0 Å². The number of fused-ring (bicyclic) bond motifs is 2. The number of nitrogens with one attached hydrogen (secondary N) is 1. The molecule has 3 atom stereocenters. The molecular weight excluding hydrogens is 266 g/mol. The molecule has 0 amide bonds. The van der Waals surface area contributed by atoms with Crippen LogP contribution in [-0.2, 0) is 6.42 Å². The first kappa shape index (κ1) is 14.4. The fourth-order valence-electron chi connectivity index (χ4n) is 4.47. The Morgan fingerprint density at radius 3 is 2.55 bits per heavy atom. The predicted molar refractivity (Wildman–Crippen MR) is 86.2 cm³/mol. The fourth-order valence-corrected chi connectivity index (χ4v) is 4.60. The molecule has 3 unspecified atom stereocenters. The van der Waals surface area contributed by atoms with Gasteiger partial charge in [0.2, 0.25) is 0 Å². The molecule has 1 N–H and O–H groups in total. The second-order valence-electron chi connectivity index (χ2n) is 7.28. The molecule has 1 nitrogen and oxygen atoms in total. The first-order valence-corrected chi connectivity index (χ1v) is 8.43. The Morgan fingerprint density at radius 2 is 2.00 bits per heavy atom. The van der Waals surface area contributed by atoms with Gasteiger partial charge in [0, 0.05) is 17.6 Å². The fraction of sp³-hybridized carbons (Fsp3) is 0.667. The zero-order valence-corrected chi connectivity index (χ0v) is 13.4. The van der Waals surface area contributed by atoms with E-state index in [0.717, 1.165) is 16.9 Å². The van der Waals surface area contributed by atoms with Gasteiger partial charge in [-0.3, -0.25) is 0 Å². The van der Waals surface area contributed by atoms with Crippen LogP contribution in [0.3, 0.4) is 0 Å². The van der Waals surface area contributed by atoms with Crippen molar-refractivity contribution in [3.8, 4) is 0 Å². The number of rotatable bonds is 5. The first-order chi connectivity index (χ1) is 9.57. The van der Waals surface area contributed by atoms with Crippen molar-refractivity contribution in [3.63, 3.8) is 0 Å². The molecule has 2 fully saturated rings. The Balaban J connectivity index is 1.77. The first-order valence-electron chi connectivity index (χ1n) is 8.05. The summed E-state index contributed by atoms with van der Waals surface area (Å²) in [4.78, 5) is 0. The van der Waals surface area contributed by atoms with E-state index in [1.54, 1.807) is 0 Å². The second-order valence-corrected chi connectivity index (χ2v) is 7.72. The molecule has 110 valence electrons. The van der Waals surface area contributed by atoms with Crippen molar-refractivity contribution < 1.29 is 0 Å². The lowest BCUT2D eigenvalue weighted by Gasteiger charge is -2.39. The van der Waals surface area contributed by atoms with E-state index in [4.69, 9.17) is 11.6 Å². The minimum absolute atomic E-state index is 0.487. The van der Waals surface area contributed by atoms with Crippen molar-refractivity contribution in [1.82, 2.24) is 5.32 Å². The average Bonchev–Trinajstić information content (AvgIpc) is 3.00. The van der Waals surface area contributed by atoms with Gasteiger partial charge in [0.05, 0.1) is 0 Å². The molecule has 0 aromatic heterocycles. The van der Waals surface area contributed by atoms with Crippen molar-refractivity contribution in [1.29, 1.82) is 0 Å². The topological polar surface area (TPSA) is 12.0 Å². The summed E-state index contributed by atoms with van der Waals surface area (Å²) in [5.41, 5.74) is 1.94. The molecule has 3 rings (SSSR count). The molecule has 2 bridgehead atoms. The van der Waals surface area contributed by atoms with Crippen LogP contribution in [0.25, 0.3) is 0 Å². The van der Waals surface area contributed by atoms with E-state index in [1.165, 1.54) is 44.2 Å². The van der Waals surface area contributed by atoms with Crippen LogP contribution in [0.2, 0.25) is 5.02 Å². The molecule has 2 saturated carbocycles. The number of halogens is 1. The molecular formula is C18H26ClN. The second kappa shape index (κ2) is 5.69. The number of hydrogen-bond donors (Lipinski definition) is 1. The van der Waals surface area contributed by atoms with Crippen molar-refractivity contribution in [2.75, 3.05) is 6.54 Å². The van der Waals surface area contributed by atoms with E-state index < -0.39 is 0 Å². The van der Waals surface area contributed by atoms with Gasteiger partial charge in [0.1, 0.15) is 0 Å². The normalized spacial score (nSPS) is 32.2. The number of hydrogen-bond acceptors (Lipinski definition) is 1. The molecule has 2 aliphatic carbocycles. The van der Waals surface area contributed by atoms with Crippen LogP contribution in [0.1, 0.15) is 45.1 Å². The van der Waals surface area contributed by atoms with E-state index in [0.29, 0.717) is 11.5 Å². The van der Waals surface area contributed by atoms with Gasteiger partial charge >= 0.3 is 0 Å². The zero-order chi connectivity index (χ0) is 14.2. The maximum Gasteiger partial charge on any atom is 0.0406 e. The summed E-state index contributed by atoms with van der Waals surface area (Å²) in [5, 5.41) is 4.56. The van der Waals surface area contributed by atoms with E-state index in [1.807, 2.05) is 12.1 Å². The van der Waals surface area contributed by atoms with Crippen LogP contribution in [0.5, 0.6) is 0 Å². The van der Waals surface area contributed by atoms with Crippen molar-refractivity contribution >= 4 is 11.6 Å². The van der Waals surface area contributed by atoms with Gasteiger partial charge in [-0.25, -0.2) is 0 Å². The largest absolute Gasteiger partial charge is 0.314 e. The summed E-state index contributed by atoms with van der Waals surface area (Å²) < 4.78 is 0. The van der Waals surface area contributed by atoms with Crippen molar-refractivity contribution in [3.05, 3.63) is 34.9 Å². The molecule has 0 saturated heterocycles. The third-order valence-electron chi connectivity index (χ3n) is 5.43. The minimum Gasteiger partial charge on any atom is -0.314 e. The number of benzene rings is 1. The SMILES string of the molecule is CC(C)NCC1(Cc2ccc(Cl)cc2)CC2CCC1C2. The summed E-state index contributed by atoms with van der Waals surface area (Å²) in [5.74, 6) is 1.91. The highest BCUT2D eigenvalue weighted by atomic mass is 35.5. The highest BCUT2D eigenvalue weighted by Crippen LogP contribution is 2.57. The lowest BCUT2D eigenvalue weighted by atomic mass is 9.69. The van der Waals surface area contributed by atoms with Crippen molar-refractivity contribution in [2.45, 2.75) is 52.0 Å². The van der Waals surface area contributed by atoms with E-state index in [-0.39, 0.29) is 0 Å². The molecule has 2 heteroatoms. The van der Waals surface area contributed by atoms with Crippen LogP contribution < -0.4 is 5.32 Å². The predicted octanol–water partition coefficient (Wildman–Crippen LogP) is 4.69. The highest BCUT2D eigenvalue weighted by Gasteiger charge is 2.50. The van der Waals surface area contributed by atoms with Gasteiger partial charge in [0.15, 0.2) is 0 Å². The summed E-state index contributed by atoms with van der Waals surface area (Å²) in [6.45, 7) is 5.68. The monoisotopic (exact) mass is 291 g/mol. The summed E-state index contributed by atoms with van der Waals surface area (Å²) in [6, 6.07) is 9.08. The van der Waals surface area contributed by atoms with Crippen LogP contribution in [0, 0.1) is 17.3 Å². The Labute approximate surface area is 128 Å². The van der Waals surface area contributed by atoms with Crippen molar-refractivity contribution in [2.24, 2.45) is 17.3 Å². The van der Waals surface area contributed by atoms with Gasteiger partial charge in [0.25, 0.3) is 0 Å². The Kier molecular flexibility index (Phi) is 4.10. The molecule has 0 radical (unpaired) electrons. The lowest BCUT2D eigenvalue weighted by molar-refractivity contribution is 0.152. The standard InChI is InChI=1S/C18H26ClN/c1-13(2)20-12-18(11-15-3-6-16(18)9-15)10-14-4-7-17(19)8-5-14/h4-5,7-8,13,15-16,20H,3,6,9-12H2,1-2H3. The lowest BCUT2D eigenvalue weighted by Crippen LogP contribution is -2.42. The molecule has 1 aromatic rings. The summed E-state index contributed by atoms with van der Waals surface area (Å²) >= 11 is 6.02. The van der Waals surface area contributed by atoms with E-state index in [9.17, 15) is 0 Å². The maximum atomic E-state index is 6.02. The van der Waals surface area contributed by atoms with E-state index >= 15 is 0 Å².